The predicted molar refractivity (Wildman–Crippen MR) is 88.3 cm³/mol. The highest BCUT2D eigenvalue weighted by molar-refractivity contribution is 5.92. The maximum Gasteiger partial charge on any atom is 0.274 e. The maximum atomic E-state index is 12.7. The first-order valence-corrected chi connectivity index (χ1v) is 8.60. The lowest BCUT2D eigenvalue weighted by atomic mass is 9.79. The quantitative estimate of drug-likeness (QED) is 0.826. The molecule has 23 heavy (non-hydrogen) atoms. The van der Waals surface area contributed by atoms with Gasteiger partial charge in [-0.25, -0.2) is 0 Å². The molecule has 6 nitrogen and oxygen atoms in total. The molecule has 0 radical (unpaired) electrons. The van der Waals surface area contributed by atoms with Crippen molar-refractivity contribution in [2.45, 2.75) is 32.7 Å². The van der Waals surface area contributed by atoms with Crippen molar-refractivity contribution in [1.29, 1.82) is 0 Å². The summed E-state index contributed by atoms with van der Waals surface area (Å²) in [5.41, 5.74) is 0.600. The van der Waals surface area contributed by atoms with E-state index in [0.29, 0.717) is 11.7 Å². The topological polar surface area (TPSA) is 50.6 Å². The molecule has 2 aliphatic heterocycles. The maximum absolute atomic E-state index is 12.7. The molecule has 0 aromatic carbocycles. The van der Waals surface area contributed by atoms with Crippen molar-refractivity contribution < 1.29 is 9.53 Å². The van der Waals surface area contributed by atoms with Crippen LogP contribution in [0.2, 0.25) is 0 Å². The fourth-order valence-electron chi connectivity index (χ4n) is 3.79. The minimum atomic E-state index is 0.0463. The normalized spacial score (nSPS) is 26.7. The van der Waals surface area contributed by atoms with Crippen LogP contribution in [0.4, 0.5) is 0 Å². The monoisotopic (exact) mass is 320 g/mol. The van der Waals surface area contributed by atoms with Crippen LogP contribution in [-0.4, -0.2) is 70.9 Å². The average Bonchev–Trinajstić information content (AvgIpc) is 2.85. The number of aryl methyl sites for hydroxylation is 1. The first-order chi connectivity index (χ1) is 11.0. The van der Waals surface area contributed by atoms with E-state index in [2.05, 4.69) is 23.8 Å². The molecule has 1 atom stereocenters. The van der Waals surface area contributed by atoms with E-state index >= 15 is 0 Å². The van der Waals surface area contributed by atoms with Gasteiger partial charge >= 0.3 is 0 Å². The third kappa shape index (κ3) is 3.58. The lowest BCUT2D eigenvalue weighted by Gasteiger charge is -2.44. The third-order valence-corrected chi connectivity index (χ3v) is 5.08. The Balaban J connectivity index is 1.75. The standard InChI is InChI=1S/C17H28N4O2/c1-14(2)20-9-10-23-13-17(11-20)6-4-7-21(12-17)16(22)15-5-8-19(3)18-15/h5,8,14H,4,6-7,9-13H2,1-3H3/t17-/m1/s1. The highest BCUT2D eigenvalue weighted by Gasteiger charge is 2.41. The lowest BCUT2D eigenvalue weighted by molar-refractivity contribution is 0.00547. The molecule has 1 aromatic rings. The zero-order valence-corrected chi connectivity index (χ0v) is 14.5. The largest absolute Gasteiger partial charge is 0.379 e. The number of rotatable bonds is 2. The van der Waals surface area contributed by atoms with Crippen LogP contribution in [-0.2, 0) is 11.8 Å². The Morgan fingerprint density at radius 1 is 1.35 bits per heavy atom. The van der Waals surface area contributed by atoms with E-state index in [1.807, 2.05) is 18.1 Å². The highest BCUT2D eigenvalue weighted by atomic mass is 16.5. The SMILES string of the molecule is CC(C)N1CCOC[C@]2(CCCN(C(=O)c3ccn(C)n3)C2)C1. The zero-order chi connectivity index (χ0) is 16.4. The molecule has 1 aromatic heterocycles. The van der Waals surface area contributed by atoms with E-state index in [-0.39, 0.29) is 11.3 Å². The molecule has 6 heteroatoms. The molecule has 2 aliphatic rings. The summed E-state index contributed by atoms with van der Waals surface area (Å²) in [4.78, 5) is 17.2. The Kier molecular flexibility index (Phi) is 4.73. The second-order valence-corrected chi connectivity index (χ2v) is 7.32. The van der Waals surface area contributed by atoms with Crippen LogP contribution in [0.1, 0.15) is 37.2 Å². The number of piperidine rings is 1. The smallest absolute Gasteiger partial charge is 0.274 e. The first kappa shape index (κ1) is 16.5. The van der Waals surface area contributed by atoms with Gasteiger partial charge in [-0.3, -0.25) is 14.4 Å². The number of aromatic nitrogens is 2. The molecule has 3 heterocycles. The Labute approximate surface area is 138 Å². The van der Waals surface area contributed by atoms with Crippen molar-refractivity contribution in [3.8, 4) is 0 Å². The number of amides is 1. The lowest BCUT2D eigenvalue weighted by Crippen LogP contribution is -2.53. The second kappa shape index (κ2) is 6.61. The number of nitrogens with zero attached hydrogens (tertiary/aromatic N) is 4. The molecule has 3 rings (SSSR count). The van der Waals surface area contributed by atoms with Crippen molar-refractivity contribution >= 4 is 5.91 Å². The molecule has 0 N–H and O–H groups in total. The van der Waals surface area contributed by atoms with Crippen molar-refractivity contribution in [3.63, 3.8) is 0 Å². The van der Waals surface area contributed by atoms with E-state index in [0.717, 1.165) is 52.2 Å². The Morgan fingerprint density at radius 3 is 2.87 bits per heavy atom. The van der Waals surface area contributed by atoms with Gasteiger partial charge in [-0.2, -0.15) is 5.10 Å². The molecule has 0 bridgehead atoms. The summed E-state index contributed by atoms with van der Waals surface area (Å²) in [6, 6.07) is 2.31. The summed E-state index contributed by atoms with van der Waals surface area (Å²) in [6.07, 6.45) is 3.98. The van der Waals surface area contributed by atoms with Crippen LogP contribution >= 0.6 is 0 Å². The molecule has 128 valence electrons. The van der Waals surface area contributed by atoms with E-state index in [1.165, 1.54) is 0 Å². The molecule has 2 fully saturated rings. The van der Waals surface area contributed by atoms with Gasteiger partial charge in [0.15, 0.2) is 0 Å². The van der Waals surface area contributed by atoms with Crippen molar-refractivity contribution in [2.24, 2.45) is 12.5 Å². The van der Waals surface area contributed by atoms with Gasteiger partial charge in [-0.05, 0) is 32.8 Å². The van der Waals surface area contributed by atoms with Gasteiger partial charge in [0, 0.05) is 50.9 Å². The summed E-state index contributed by atoms with van der Waals surface area (Å²) < 4.78 is 7.59. The van der Waals surface area contributed by atoms with Crippen LogP contribution < -0.4 is 0 Å². The fourth-order valence-corrected chi connectivity index (χ4v) is 3.79. The summed E-state index contributed by atoms with van der Waals surface area (Å²) in [5.74, 6) is 0.0463. The van der Waals surface area contributed by atoms with Gasteiger partial charge < -0.3 is 9.64 Å². The summed E-state index contributed by atoms with van der Waals surface area (Å²) >= 11 is 0. The number of hydrogen-bond acceptors (Lipinski definition) is 4. The minimum Gasteiger partial charge on any atom is -0.379 e. The van der Waals surface area contributed by atoms with Crippen LogP contribution in [0.15, 0.2) is 12.3 Å². The Morgan fingerprint density at radius 2 is 2.17 bits per heavy atom. The molecule has 0 aliphatic carbocycles. The Hall–Kier alpha value is -1.40. The van der Waals surface area contributed by atoms with Crippen molar-refractivity contribution in [2.75, 3.05) is 39.4 Å². The zero-order valence-electron chi connectivity index (χ0n) is 14.5. The number of ether oxygens (including phenoxy) is 1. The number of likely N-dealkylation sites (tertiary alicyclic amines) is 1. The molecule has 1 spiro atoms. The minimum absolute atomic E-state index is 0.0463. The van der Waals surface area contributed by atoms with E-state index in [9.17, 15) is 4.79 Å². The summed E-state index contributed by atoms with van der Waals surface area (Å²) in [5, 5.41) is 4.26. The molecular weight excluding hydrogens is 292 g/mol. The van der Waals surface area contributed by atoms with E-state index in [1.54, 1.807) is 10.7 Å². The first-order valence-electron chi connectivity index (χ1n) is 8.60. The van der Waals surface area contributed by atoms with Gasteiger partial charge in [0.25, 0.3) is 5.91 Å². The van der Waals surface area contributed by atoms with Gasteiger partial charge in [0.1, 0.15) is 5.69 Å². The average molecular weight is 320 g/mol. The van der Waals surface area contributed by atoms with Gasteiger partial charge in [0.05, 0.1) is 13.2 Å². The molecule has 2 saturated heterocycles. The fraction of sp³-hybridized carbons (Fsp3) is 0.765. The molecule has 1 amide bonds. The third-order valence-electron chi connectivity index (χ3n) is 5.08. The van der Waals surface area contributed by atoms with Crippen LogP contribution in [0.3, 0.4) is 0 Å². The molecule has 0 unspecified atom stereocenters. The van der Waals surface area contributed by atoms with E-state index in [4.69, 9.17) is 4.74 Å². The number of hydrogen-bond donors (Lipinski definition) is 0. The van der Waals surface area contributed by atoms with Crippen LogP contribution in [0.5, 0.6) is 0 Å². The van der Waals surface area contributed by atoms with Gasteiger partial charge in [0.2, 0.25) is 0 Å². The number of carbonyl (C=O) groups is 1. The predicted octanol–water partition coefficient (Wildman–Crippen LogP) is 1.38. The summed E-state index contributed by atoms with van der Waals surface area (Å²) in [6.45, 7) is 9.59. The number of carbonyl (C=O) groups excluding carboxylic acids is 1. The van der Waals surface area contributed by atoms with Gasteiger partial charge in [-0.1, -0.05) is 0 Å². The van der Waals surface area contributed by atoms with Crippen LogP contribution in [0.25, 0.3) is 0 Å². The molecule has 0 saturated carbocycles. The Bertz CT molecular complexity index is 557. The van der Waals surface area contributed by atoms with Crippen molar-refractivity contribution in [1.82, 2.24) is 19.6 Å². The second-order valence-electron chi connectivity index (χ2n) is 7.32. The molecular formula is C17H28N4O2. The summed E-state index contributed by atoms with van der Waals surface area (Å²) in [7, 11) is 1.84. The van der Waals surface area contributed by atoms with Crippen molar-refractivity contribution in [3.05, 3.63) is 18.0 Å². The van der Waals surface area contributed by atoms with Gasteiger partial charge in [-0.15, -0.1) is 0 Å². The van der Waals surface area contributed by atoms with Crippen LogP contribution in [0, 0.1) is 5.41 Å². The van der Waals surface area contributed by atoms with E-state index < -0.39 is 0 Å². The highest BCUT2D eigenvalue weighted by Crippen LogP contribution is 2.34.